The number of ether oxygens (including phenoxy) is 1. The number of non-ortho nitro benzene ring substituents is 1. The van der Waals surface area contributed by atoms with E-state index in [9.17, 15) is 28.1 Å². The Balaban J connectivity index is 1.79. The minimum atomic E-state index is -4.53. The lowest BCUT2D eigenvalue weighted by Crippen LogP contribution is -2.47. The van der Waals surface area contributed by atoms with Crippen molar-refractivity contribution in [3.63, 3.8) is 0 Å². The molecule has 2 heterocycles. The van der Waals surface area contributed by atoms with Crippen LogP contribution in [-0.4, -0.2) is 49.2 Å². The van der Waals surface area contributed by atoms with Gasteiger partial charge in [0.05, 0.1) is 33.9 Å². The number of hydrogen-bond acceptors (Lipinski definition) is 7. The molecule has 8 nitrogen and oxygen atoms in total. The van der Waals surface area contributed by atoms with Gasteiger partial charge in [0.2, 0.25) is 0 Å². The van der Waals surface area contributed by atoms with Crippen molar-refractivity contribution >= 4 is 34.8 Å². The van der Waals surface area contributed by atoms with E-state index in [2.05, 4.69) is 4.98 Å². The largest absolute Gasteiger partial charge is 0.465 e. The zero-order valence-electron chi connectivity index (χ0n) is 15.6. The number of piperazine rings is 1. The molecule has 0 atom stereocenters. The summed E-state index contributed by atoms with van der Waals surface area (Å²) in [6.45, 7) is 1.52. The molecule has 0 N–H and O–H groups in total. The Morgan fingerprint density at radius 2 is 1.83 bits per heavy atom. The number of aromatic nitrogens is 1. The molecular formula is C18H16ClF3N4O4. The molecule has 1 aliphatic rings. The Hall–Kier alpha value is -3.08. The number of carbonyl (C=O) groups is 1. The van der Waals surface area contributed by atoms with Crippen molar-refractivity contribution in [3.8, 4) is 0 Å². The van der Waals surface area contributed by atoms with Crippen molar-refractivity contribution in [2.45, 2.75) is 6.18 Å². The van der Waals surface area contributed by atoms with Crippen LogP contribution < -0.4 is 9.80 Å². The van der Waals surface area contributed by atoms with Crippen LogP contribution >= 0.6 is 11.6 Å². The van der Waals surface area contributed by atoms with Crippen molar-refractivity contribution in [1.82, 2.24) is 4.98 Å². The average molecular weight is 445 g/mol. The summed E-state index contributed by atoms with van der Waals surface area (Å²) >= 11 is 6.01. The number of halogens is 4. The van der Waals surface area contributed by atoms with E-state index >= 15 is 0 Å². The maximum Gasteiger partial charge on any atom is 0.417 e. The third-order valence-electron chi connectivity index (χ3n) is 4.67. The molecule has 12 heteroatoms. The van der Waals surface area contributed by atoms with Gasteiger partial charge >= 0.3 is 12.1 Å². The molecule has 1 aromatic carbocycles. The molecular weight excluding hydrogens is 429 g/mol. The quantitative estimate of drug-likeness (QED) is 0.403. The van der Waals surface area contributed by atoms with E-state index < -0.39 is 22.6 Å². The number of pyridine rings is 1. The lowest BCUT2D eigenvalue weighted by atomic mass is 10.1. The summed E-state index contributed by atoms with van der Waals surface area (Å²) in [6.07, 6.45) is -3.80. The second kappa shape index (κ2) is 8.34. The number of nitrogens with zero attached hydrogens (tertiary/aromatic N) is 4. The number of nitro groups is 1. The first kappa shape index (κ1) is 21.6. The Morgan fingerprint density at radius 1 is 1.20 bits per heavy atom. The summed E-state index contributed by atoms with van der Waals surface area (Å²) in [6, 6.07) is 4.76. The monoisotopic (exact) mass is 444 g/mol. The van der Waals surface area contributed by atoms with Crippen molar-refractivity contribution in [2.24, 2.45) is 0 Å². The van der Waals surface area contributed by atoms with Crippen LogP contribution in [0.1, 0.15) is 15.9 Å². The van der Waals surface area contributed by atoms with Crippen molar-refractivity contribution in [2.75, 3.05) is 43.1 Å². The minimum absolute atomic E-state index is 0.0610. The molecule has 0 amide bonds. The number of nitro benzene ring substituents is 1. The molecule has 0 spiro atoms. The molecule has 160 valence electrons. The second-order valence-corrected chi connectivity index (χ2v) is 6.86. The Bertz CT molecular complexity index is 978. The maximum atomic E-state index is 12.8. The summed E-state index contributed by atoms with van der Waals surface area (Å²) in [7, 11) is 1.18. The zero-order chi connectivity index (χ0) is 22.1. The number of hydrogen-bond donors (Lipinski definition) is 0. The molecule has 2 aromatic rings. The van der Waals surface area contributed by atoms with Crippen LogP contribution in [0.4, 0.5) is 30.4 Å². The van der Waals surface area contributed by atoms with Gasteiger partial charge in [-0.05, 0) is 12.1 Å². The van der Waals surface area contributed by atoms with E-state index in [1.807, 2.05) is 4.90 Å². The molecule has 0 radical (unpaired) electrons. The molecule has 0 unspecified atom stereocenters. The second-order valence-electron chi connectivity index (χ2n) is 6.45. The molecule has 1 saturated heterocycles. The average Bonchev–Trinajstić information content (AvgIpc) is 2.72. The summed E-state index contributed by atoms with van der Waals surface area (Å²) in [5.41, 5.74) is -0.633. The van der Waals surface area contributed by atoms with Gasteiger partial charge in [-0.15, -0.1) is 0 Å². The highest BCUT2D eigenvalue weighted by Crippen LogP contribution is 2.34. The molecule has 0 bridgehead atoms. The van der Waals surface area contributed by atoms with Gasteiger partial charge in [0, 0.05) is 44.5 Å². The number of carbonyl (C=O) groups excluding carboxylic acids is 1. The first-order valence-electron chi connectivity index (χ1n) is 8.71. The van der Waals surface area contributed by atoms with Crippen LogP contribution in [0.2, 0.25) is 5.02 Å². The fraction of sp³-hybridized carbons (Fsp3) is 0.333. The number of benzene rings is 1. The number of rotatable bonds is 4. The fourth-order valence-electron chi connectivity index (χ4n) is 3.16. The lowest BCUT2D eigenvalue weighted by Gasteiger charge is -2.37. The molecule has 0 aliphatic carbocycles. The summed E-state index contributed by atoms with van der Waals surface area (Å²) < 4.78 is 43.1. The summed E-state index contributed by atoms with van der Waals surface area (Å²) in [5.74, 6) is -0.468. The van der Waals surface area contributed by atoms with E-state index in [4.69, 9.17) is 16.3 Å². The van der Waals surface area contributed by atoms with Gasteiger partial charge in [0.15, 0.2) is 0 Å². The predicted molar refractivity (Wildman–Crippen MR) is 103 cm³/mol. The Labute approximate surface area is 174 Å². The van der Waals surface area contributed by atoms with E-state index in [1.54, 1.807) is 4.90 Å². The van der Waals surface area contributed by atoms with Gasteiger partial charge in [0.25, 0.3) is 5.69 Å². The highest BCUT2D eigenvalue weighted by molar-refractivity contribution is 6.33. The SMILES string of the molecule is COC(=O)c1cc([N+](=O)[O-])ccc1N1CCN(c2ncc(C(F)(F)F)cc2Cl)CC1. The van der Waals surface area contributed by atoms with Gasteiger partial charge in [-0.3, -0.25) is 10.1 Å². The number of methoxy groups -OCH3 is 1. The Morgan fingerprint density at radius 3 is 2.37 bits per heavy atom. The smallest absolute Gasteiger partial charge is 0.417 e. The van der Waals surface area contributed by atoms with Crippen LogP contribution in [0.25, 0.3) is 0 Å². The summed E-state index contributed by atoms with van der Waals surface area (Å²) in [4.78, 5) is 29.9. The third-order valence-corrected chi connectivity index (χ3v) is 4.94. The first-order chi connectivity index (χ1) is 14.1. The first-order valence-corrected chi connectivity index (χ1v) is 9.09. The third kappa shape index (κ3) is 4.40. The molecule has 1 aliphatic heterocycles. The topological polar surface area (TPSA) is 88.8 Å². The van der Waals surface area contributed by atoms with Crippen LogP contribution in [-0.2, 0) is 10.9 Å². The van der Waals surface area contributed by atoms with E-state index in [0.717, 1.165) is 18.3 Å². The zero-order valence-corrected chi connectivity index (χ0v) is 16.4. The Kier molecular flexibility index (Phi) is 6.01. The van der Waals surface area contributed by atoms with Crippen molar-refractivity contribution in [3.05, 3.63) is 56.7 Å². The van der Waals surface area contributed by atoms with Crippen LogP contribution in [0, 0.1) is 10.1 Å². The predicted octanol–water partition coefficient (Wildman–Crippen LogP) is 3.78. The van der Waals surface area contributed by atoms with Gasteiger partial charge in [-0.1, -0.05) is 11.6 Å². The maximum absolute atomic E-state index is 12.8. The fourth-order valence-corrected chi connectivity index (χ4v) is 3.45. The van der Waals surface area contributed by atoms with Gasteiger partial charge in [-0.2, -0.15) is 13.2 Å². The van der Waals surface area contributed by atoms with Crippen molar-refractivity contribution < 1.29 is 27.6 Å². The minimum Gasteiger partial charge on any atom is -0.465 e. The normalized spacial score (nSPS) is 14.6. The van der Waals surface area contributed by atoms with Crippen LogP contribution in [0.3, 0.4) is 0 Å². The highest BCUT2D eigenvalue weighted by atomic mass is 35.5. The lowest BCUT2D eigenvalue weighted by molar-refractivity contribution is -0.384. The molecule has 0 saturated carbocycles. The number of esters is 1. The van der Waals surface area contributed by atoms with Gasteiger partial charge in [0.1, 0.15) is 5.82 Å². The molecule has 1 aromatic heterocycles. The van der Waals surface area contributed by atoms with Crippen LogP contribution in [0.5, 0.6) is 0 Å². The van der Waals surface area contributed by atoms with E-state index in [1.165, 1.54) is 19.2 Å². The van der Waals surface area contributed by atoms with Crippen LogP contribution in [0.15, 0.2) is 30.5 Å². The van der Waals surface area contributed by atoms with Gasteiger partial charge < -0.3 is 14.5 Å². The summed E-state index contributed by atoms with van der Waals surface area (Å²) in [5, 5.41) is 10.9. The number of anilines is 2. The number of alkyl halides is 3. The molecule has 30 heavy (non-hydrogen) atoms. The highest BCUT2D eigenvalue weighted by Gasteiger charge is 2.32. The van der Waals surface area contributed by atoms with E-state index in [-0.39, 0.29) is 22.1 Å². The van der Waals surface area contributed by atoms with Crippen molar-refractivity contribution in [1.29, 1.82) is 0 Å². The molecule has 3 rings (SSSR count). The van der Waals surface area contributed by atoms with Gasteiger partial charge in [-0.25, -0.2) is 9.78 Å². The standard InChI is InChI=1S/C18H16ClF3N4O4/c1-30-17(27)13-9-12(26(28)29)2-3-15(13)24-4-6-25(7-5-24)16-14(19)8-11(10-23-16)18(20,21)22/h2-3,8-10H,4-7H2,1H3. The molecule has 1 fully saturated rings. The van der Waals surface area contributed by atoms with E-state index in [0.29, 0.717) is 31.9 Å².